The van der Waals surface area contributed by atoms with Crippen LogP contribution in [0.2, 0.25) is 10.0 Å². The molecule has 0 radical (unpaired) electrons. The molecule has 2 aromatic carbocycles. The summed E-state index contributed by atoms with van der Waals surface area (Å²) in [5, 5.41) is 0.957. The zero-order valence-corrected chi connectivity index (χ0v) is 17.3. The van der Waals surface area contributed by atoms with Gasteiger partial charge in [0.15, 0.2) is 23.3 Å². The predicted octanol–water partition coefficient (Wildman–Crippen LogP) is 6.08. The van der Waals surface area contributed by atoms with Crippen LogP contribution in [0.5, 0.6) is 0 Å². The zero-order chi connectivity index (χ0) is 21.1. The van der Waals surface area contributed by atoms with Crippen molar-refractivity contribution < 1.29 is 18.0 Å². The van der Waals surface area contributed by atoms with Gasteiger partial charge in [-0.2, -0.15) is 0 Å². The van der Waals surface area contributed by atoms with Crippen molar-refractivity contribution in [3.8, 4) is 11.3 Å². The Kier molecular flexibility index (Phi) is 6.55. The van der Waals surface area contributed by atoms with Gasteiger partial charge in [-0.05, 0) is 42.8 Å². The van der Waals surface area contributed by atoms with Crippen LogP contribution in [0.25, 0.3) is 11.3 Å². The second-order valence-corrected chi connectivity index (χ2v) is 7.44. The number of aryl methyl sites for hydroxylation is 1. The topological polar surface area (TPSA) is 46.3 Å². The van der Waals surface area contributed by atoms with E-state index in [1.807, 2.05) is 0 Å². The Balaban J connectivity index is 1.63. The highest BCUT2D eigenvalue weighted by atomic mass is 35.5. The normalized spacial score (nSPS) is 12.1. The molecule has 0 unspecified atom stereocenters. The third kappa shape index (κ3) is 4.95. The second kappa shape index (κ2) is 8.93. The van der Waals surface area contributed by atoms with E-state index in [1.165, 1.54) is 11.0 Å². The summed E-state index contributed by atoms with van der Waals surface area (Å²) < 4.78 is 32.3. The molecule has 0 aliphatic heterocycles. The first kappa shape index (κ1) is 21.3. The van der Waals surface area contributed by atoms with Gasteiger partial charge in [-0.1, -0.05) is 29.3 Å². The largest absolute Gasteiger partial charge is 0.441 e. The number of carbonyl (C=O) groups excluding carboxylic acids is 1. The average molecular weight is 439 g/mol. The van der Waals surface area contributed by atoms with Crippen LogP contribution in [0.4, 0.5) is 8.78 Å². The minimum atomic E-state index is -0.941. The molecular formula is C21H18Cl2F2N2O2. The number of carbonyl (C=O) groups is 1. The van der Waals surface area contributed by atoms with E-state index in [1.54, 1.807) is 38.4 Å². The highest BCUT2D eigenvalue weighted by Gasteiger charge is 2.19. The first-order chi connectivity index (χ1) is 13.8. The summed E-state index contributed by atoms with van der Waals surface area (Å²) in [7, 11) is 1.61. The van der Waals surface area contributed by atoms with Crippen LogP contribution >= 0.6 is 23.2 Å². The number of benzene rings is 2. The standard InChI is InChI=1S/C21H18Cl2F2N2O2/c1-12(13-3-6-17(24)18(25)9-13)27(2)21(28)8-7-20-26-11-19(29-20)15-5-4-14(22)10-16(15)23/h3-6,9-12H,7-8H2,1-2H3/t12-/m1/s1. The Morgan fingerprint density at radius 1 is 1.17 bits per heavy atom. The fraction of sp³-hybridized carbons (Fsp3) is 0.238. The molecule has 0 saturated heterocycles. The van der Waals surface area contributed by atoms with E-state index < -0.39 is 17.7 Å². The minimum absolute atomic E-state index is 0.152. The smallest absolute Gasteiger partial charge is 0.223 e. The molecule has 0 aliphatic rings. The third-order valence-corrected chi connectivity index (χ3v) is 5.25. The molecule has 1 heterocycles. The van der Waals surface area contributed by atoms with Crippen molar-refractivity contribution in [3.05, 3.63) is 75.7 Å². The lowest BCUT2D eigenvalue weighted by Crippen LogP contribution is -2.30. The van der Waals surface area contributed by atoms with Gasteiger partial charge >= 0.3 is 0 Å². The lowest BCUT2D eigenvalue weighted by molar-refractivity contribution is -0.131. The molecule has 0 saturated carbocycles. The summed E-state index contributed by atoms with van der Waals surface area (Å²) in [5.41, 5.74) is 1.17. The number of oxazole rings is 1. The molecule has 0 bridgehead atoms. The first-order valence-electron chi connectivity index (χ1n) is 8.87. The number of hydrogen-bond donors (Lipinski definition) is 0. The molecule has 1 amide bonds. The molecule has 1 aromatic heterocycles. The molecule has 1 atom stereocenters. The molecule has 4 nitrogen and oxygen atoms in total. The summed E-state index contributed by atoms with van der Waals surface area (Å²) in [4.78, 5) is 18.2. The summed E-state index contributed by atoms with van der Waals surface area (Å²) in [6.45, 7) is 1.75. The maximum absolute atomic E-state index is 13.5. The third-order valence-electron chi connectivity index (χ3n) is 4.70. The Morgan fingerprint density at radius 3 is 2.62 bits per heavy atom. The van der Waals surface area contributed by atoms with Crippen LogP contribution in [-0.4, -0.2) is 22.8 Å². The van der Waals surface area contributed by atoms with Crippen LogP contribution in [0, 0.1) is 11.6 Å². The predicted molar refractivity (Wildman–Crippen MR) is 108 cm³/mol. The van der Waals surface area contributed by atoms with Gasteiger partial charge in [-0.3, -0.25) is 4.79 Å². The number of hydrogen-bond acceptors (Lipinski definition) is 3. The van der Waals surface area contributed by atoms with Gasteiger partial charge in [-0.15, -0.1) is 0 Å². The van der Waals surface area contributed by atoms with Crippen molar-refractivity contribution in [3.63, 3.8) is 0 Å². The van der Waals surface area contributed by atoms with Gasteiger partial charge in [0.25, 0.3) is 0 Å². The summed E-state index contributed by atoms with van der Waals surface area (Å²) >= 11 is 12.1. The first-order valence-corrected chi connectivity index (χ1v) is 9.62. The van der Waals surface area contributed by atoms with Crippen molar-refractivity contribution in [1.82, 2.24) is 9.88 Å². The second-order valence-electron chi connectivity index (χ2n) is 6.60. The van der Waals surface area contributed by atoms with Gasteiger partial charge in [0, 0.05) is 30.5 Å². The number of aromatic nitrogens is 1. The molecule has 3 rings (SSSR count). The lowest BCUT2D eigenvalue weighted by atomic mass is 10.1. The van der Waals surface area contributed by atoms with Gasteiger partial charge in [0.2, 0.25) is 5.91 Å². The quantitative estimate of drug-likeness (QED) is 0.468. The SMILES string of the molecule is C[C@H](c1ccc(F)c(F)c1)N(C)C(=O)CCc1ncc(-c2ccc(Cl)cc2Cl)o1. The molecule has 0 N–H and O–H groups in total. The zero-order valence-electron chi connectivity index (χ0n) is 15.8. The van der Waals surface area contributed by atoms with Crippen LogP contribution in [0.15, 0.2) is 47.0 Å². The van der Waals surface area contributed by atoms with E-state index in [-0.39, 0.29) is 12.3 Å². The average Bonchev–Trinajstić information content (AvgIpc) is 3.15. The maximum Gasteiger partial charge on any atom is 0.223 e. The van der Waals surface area contributed by atoms with E-state index in [0.717, 1.165) is 12.1 Å². The number of rotatable bonds is 6. The molecule has 152 valence electrons. The van der Waals surface area contributed by atoms with Crippen molar-refractivity contribution in [2.45, 2.75) is 25.8 Å². The molecule has 3 aromatic rings. The molecule has 0 aliphatic carbocycles. The Bertz CT molecular complexity index is 1040. The molecule has 0 spiro atoms. The monoisotopic (exact) mass is 438 g/mol. The van der Waals surface area contributed by atoms with Crippen LogP contribution in [-0.2, 0) is 11.2 Å². The fourth-order valence-corrected chi connectivity index (χ4v) is 3.34. The van der Waals surface area contributed by atoms with Gasteiger partial charge < -0.3 is 9.32 Å². The minimum Gasteiger partial charge on any atom is -0.441 e. The molecular weight excluding hydrogens is 421 g/mol. The summed E-state index contributed by atoms with van der Waals surface area (Å²) in [5.74, 6) is -1.16. The van der Waals surface area contributed by atoms with E-state index in [0.29, 0.717) is 39.2 Å². The molecule has 8 heteroatoms. The summed E-state index contributed by atoms with van der Waals surface area (Å²) in [6.07, 6.45) is 1.99. The van der Waals surface area contributed by atoms with E-state index in [2.05, 4.69) is 4.98 Å². The van der Waals surface area contributed by atoms with Gasteiger partial charge in [-0.25, -0.2) is 13.8 Å². The maximum atomic E-state index is 13.5. The van der Waals surface area contributed by atoms with Crippen LogP contribution in [0.3, 0.4) is 0 Å². The number of amides is 1. The lowest BCUT2D eigenvalue weighted by Gasteiger charge is -2.25. The number of nitrogens with zero attached hydrogens (tertiary/aromatic N) is 2. The van der Waals surface area contributed by atoms with Crippen molar-refractivity contribution >= 4 is 29.1 Å². The van der Waals surface area contributed by atoms with Gasteiger partial charge in [0.05, 0.1) is 17.3 Å². The van der Waals surface area contributed by atoms with E-state index in [4.69, 9.17) is 27.6 Å². The highest BCUT2D eigenvalue weighted by Crippen LogP contribution is 2.31. The highest BCUT2D eigenvalue weighted by molar-refractivity contribution is 6.36. The van der Waals surface area contributed by atoms with Crippen molar-refractivity contribution in [2.75, 3.05) is 7.05 Å². The van der Waals surface area contributed by atoms with E-state index >= 15 is 0 Å². The molecule has 29 heavy (non-hydrogen) atoms. The van der Waals surface area contributed by atoms with Crippen molar-refractivity contribution in [1.29, 1.82) is 0 Å². The summed E-state index contributed by atoms with van der Waals surface area (Å²) in [6, 6.07) is 8.24. The van der Waals surface area contributed by atoms with Crippen molar-refractivity contribution in [2.24, 2.45) is 0 Å². The fourth-order valence-electron chi connectivity index (χ4n) is 2.84. The Labute approximate surface area is 177 Å². The number of halogens is 4. The Morgan fingerprint density at radius 2 is 1.93 bits per heavy atom. The van der Waals surface area contributed by atoms with Crippen LogP contribution < -0.4 is 0 Å². The molecule has 0 fully saturated rings. The van der Waals surface area contributed by atoms with E-state index in [9.17, 15) is 13.6 Å². The van der Waals surface area contributed by atoms with Crippen LogP contribution in [0.1, 0.15) is 30.8 Å². The van der Waals surface area contributed by atoms with Gasteiger partial charge in [0.1, 0.15) is 0 Å². The Hall–Kier alpha value is -2.44.